The number of nitrogens with zero attached hydrogens (tertiary/aromatic N) is 4. The smallest absolute Gasteiger partial charge is 0.132 e. The van der Waals surface area contributed by atoms with Gasteiger partial charge in [-0.3, -0.25) is 4.68 Å². The molecule has 0 bridgehead atoms. The molecule has 0 aliphatic rings. The van der Waals surface area contributed by atoms with E-state index >= 15 is 0 Å². The van der Waals surface area contributed by atoms with E-state index in [1.54, 1.807) is 10.7 Å². The molecule has 6 nitrogen and oxygen atoms in total. The van der Waals surface area contributed by atoms with Crippen LogP contribution in [0.25, 0.3) is 0 Å². The Bertz CT molecular complexity index is 470. The Hall–Kier alpha value is -2.11. The quantitative estimate of drug-likeness (QED) is 0.793. The number of hydrogen-bond donors (Lipinski definition) is 2. The van der Waals surface area contributed by atoms with Crippen LogP contribution in [0.3, 0.4) is 0 Å². The van der Waals surface area contributed by atoms with Crippen LogP contribution >= 0.6 is 0 Å². The van der Waals surface area contributed by atoms with Gasteiger partial charge in [0.25, 0.3) is 0 Å². The third kappa shape index (κ3) is 2.47. The maximum absolute atomic E-state index is 5.62. The molecule has 2 heterocycles. The summed E-state index contributed by atoms with van der Waals surface area (Å²) in [6, 6.07) is 1.71. The van der Waals surface area contributed by atoms with Gasteiger partial charge in [-0.2, -0.15) is 5.10 Å². The van der Waals surface area contributed by atoms with Gasteiger partial charge in [0.05, 0.1) is 6.20 Å². The van der Waals surface area contributed by atoms with E-state index in [0.29, 0.717) is 18.2 Å². The van der Waals surface area contributed by atoms with E-state index in [1.165, 1.54) is 0 Å². The van der Waals surface area contributed by atoms with Crippen molar-refractivity contribution in [1.29, 1.82) is 0 Å². The molecule has 0 radical (unpaired) electrons. The molecule has 0 unspecified atom stereocenters. The van der Waals surface area contributed by atoms with E-state index < -0.39 is 0 Å². The normalized spacial score (nSPS) is 10.4. The predicted octanol–water partition coefficient (Wildman–Crippen LogP) is 0.713. The highest BCUT2D eigenvalue weighted by molar-refractivity contribution is 5.44. The summed E-state index contributed by atoms with van der Waals surface area (Å²) < 4.78 is 1.76. The first kappa shape index (κ1) is 10.4. The van der Waals surface area contributed by atoms with Gasteiger partial charge in [0.2, 0.25) is 0 Å². The molecule has 16 heavy (non-hydrogen) atoms. The third-order valence-electron chi connectivity index (χ3n) is 2.09. The topological polar surface area (TPSA) is 81.6 Å². The molecule has 2 aromatic rings. The minimum absolute atomic E-state index is 0.473. The van der Waals surface area contributed by atoms with Gasteiger partial charge >= 0.3 is 0 Å². The molecule has 0 aliphatic carbocycles. The lowest BCUT2D eigenvalue weighted by Crippen LogP contribution is -2.04. The van der Waals surface area contributed by atoms with Crippen LogP contribution in [0, 0.1) is 6.92 Å². The van der Waals surface area contributed by atoms with E-state index in [0.717, 1.165) is 11.4 Å². The van der Waals surface area contributed by atoms with Crippen molar-refractivity contribution in [1.82, 2.24) is 19.7 Å². The van der Waals surface area contributed by atoms with Crippen molar-refractivity contribution in [2.75, 3.05) is 11.1 Å². The van der Waals surface area contributed by atoms with E-state index in [1.807, 2.05) is 26.4 Å². The molecule has 0 fully saturated rings. The van der Waals surface area contributed by atoms with E-state index in [9.17, 15) is 0 Å². The molecule has 0 atom stereocenters. The maximum atomic E-state index is 5.62. The van der Waals surface area contributed by atoms with Gasteiger partial charge in [-0.15, -0.1) is 0 Å². The van der Waals surface area contributed by atoms with Crippen LogP contribution in [0.1, 0.15) is 11.4 Å². The zero-order valence-corrected chi connectivity index (χ0v) is 9.31. The first-order chi connectivity index (χ1) is 7.63. The van der Waals surface area contributed by atoms with Gasteiger partial charge in [0.1, 0.15) is 17.5 Å². The summed E-state index contributed by atoms with van der Waals surface area (Å²) in [7, 11) is 1.89. The zero-order chi connectivity index (χ0) is 11.5. The van der Waals surface area contributed by atoms with Gasteiger partial charge in [-0.1, -0.05) is 0 Å². The van der Waals surface area contributed by atoms with Crippen LogP contribution in [-0.2, 0) is 13.6 Å². The number of nitrogen functional groups attached to an aromatic ring is 1. The molecule has 2 rings (SSSR count). The average molecular weight is 218 g/mol. The molecule has 0 saturated carbocycles. The van der Waals surface area contributed by atoms with Crippen LogP contribution in [-0.4, -0.2) is 19.7 Å². The fourth-order valence-electron chi connectivity index (χ4n) is 1.44. The molecule has 6 heteroatoms. The Morgan fingerprint density at radius 3 is 2.88 bits per heavy atom. The fraction of sp³-hybridized carbons (Fsp3) is 0.300. The zero-order valence-electron chi connectivity index (χ0n) is 9.31. The molecular formula is C10H14N6. The lowest BCUT2D eigenvalue weighted by molar-refractivity contribution is 0.767. The summed E-state index contributed by atoms with van der Waals surface area (Å²) >= 11 is 0. The van der Waals surface area contributed by atoms with Gasteiger partial charge in [-0.05, 0) is 6.92 Å². The highest BCUT2D eigenvalue weighted by Crippen LogP contribution is 2.09. The number of nitrogens with two attached hydrogens (primary N) is 1. The molecule has 84 valence electrons. The van der Waals surface area contributed by atoms with E-state index in [2.05, 4.69) is 20.4 Å². The third-order valence-corrected chi connectivity index (χ3v) is 2.09. The summed E-state index contributed by atoms with van der Waals surface area (Å²) in [6.45, 7) is 2.48. The predicted molar refractivity (Wildman–Crippen MR) is 61.7 cm³/mol. The molecular weight excluding hydrogens is 204 g/mol. The number of aromatic nitrogens is 4. The Kier molecular flexibility index (Phi) is 2.72. The summed E-state index contributed by atoms with van der Waals surface area (Å²) in [5, 5.41) is 7.25. The monoisotopic (exact) mass is 218 g/mol. The standard InChI is InChI=1S/C10H14N6/c1-7-14-9(11)3-10(15-7)12-4-8-5-13-16(2)6-8/h3,5-6H,4H2,1-2H3,(H3,11,12,14,15). The number of aryl methyl sites for hydroxylation is 2. The maximum Gasteiger partial charge on any atom is 0.132 e. The van der Waals surface area contributed by atoms with Crippen LogP contribution in [0.4, 0.5) is 11.6 Å². The number of anilines is 2. The van der Waals surface area contributed by atoms with Gasteiger partial charge < -0.3 is 11.1 Å². The van der Waals surface area contributed by atoms with Gasteiger partial charge in [-0.25, -0.2) is 9.97 Å². The second-order valence-electron chi connectivity index (χ2n) is 3.60. The highest BCUT2D eigenvalue weighted by atomic mass is 15.2. The summed E-state index contributed by atoms with van der Waals surface area (Å²) in [4.78, 5) is 8.23. The van der Waals surface area contributed by atoms with Gasteiger partial charge in [0, 0.05) is 31.4 Å². The van der Waals surface area contributed by atoms with Crippen molar-refractivity contribution >= 4 is 11.6 Å². The van der Waals surface area contributed by atoms with Crippen molar-refractivity contribution in [3.05, 3.63) is 29.8 Å². The van der Waals surface area contributed by atoms with Gasteiger partial charge in [0.15, 0.2) is 0 Å². The lowest BCUT2D eigenvalue weighted by atomic mass is 10.3. The molecule has 0 aliphatic heterocycles. The van der Waals surface area contributed by atoms with Crippen LogP contribution in [0.5, 0.6) is 0 Å². The summed E-state index contributed by atoms with van der Waals surface area (Å²) in [6.07, 6.45) is 3.76. The van der Waals surface area contributed by atoms with Crippen molar-refractivity contribution in [2.45, 2.75) is 13.5 Å². The summed E-state index contributed by atoms with van der Waals surface area (Å²) in [5.74, 6) is 1.86. The molecule has 0 spiro atoms. The van der Waals surface area contributed by atoms with Crippen molar-refractivity contribution < 1.29 is 0 Å². The first-order valence-electron chi connectivity index (χ1n) is 4.96. The minimum Gasteiger partial charge on any atom is -0.384 e. The van der Waals surface area contributed by atoms with Crippen LogP contribution < -0.4 is 11.1 Å². The Balaban J connectivity index is 2.04. The molecule has 2 aromatic heterocycles. The number of rotatable bonds is 3. The fourth-order valence-corrected chi connectivity index (χ4v) is 1.44. The number of nitrogens with one attached hydrogen (secondary N) is 1. The SMILES string of the molecule is Cc1nc(N)cc(NCc2cnn(C)c2)n1. The van der Waals surface area contributed by atoms with Crippen molar-refractivity contribution in [2.24, 2.45) is 7.05 Å². The Labute approximate surface area is 93.5 Å². The average Bonchev–Trinajstić information content (AvgIpc) is 2.60. The van der Waals surface area contributed by atoms with Crippen molar-refractivity contribution in [3.63, 3.8) is 0 Å². The van der Waals surface area contributed by atoms with E-state index in [-0.39, 0.29) is 0 Å². The molecule has 0 aromatic carbocycles. The Morgan fingerprint density at radius 2 is 2.25 bits per heavy atom. The first-order valence-corrected chi connectivity index (χ1v) is 4.96. The molecule has 0 saturated heterocycles. The minimum atomic E-state index is 0.473. The summed E-state index contributed by atoms with van der Waals surface area (Å²) in [5.41, 5.74) is 6.72. The largest absolute Gasteiger partial charge is 0.384 e. The molecule has 0 amide bonds. The van der Waals surface area contributed by atoms with Crippen LogP contribution in [0.15, 0.2) is 18.5 Å². The Morgan fingerprint density at radius 1 is 1.44 bits per heavy atom. The lowest BCUT2D eigenvalue weighted by Gasteiger charge is -2.05. The number of hydrogen-bond acceptors (Lipinski definition) is 5. The van der Waals surface area contributed by atoms with E-state index in [4.69, 9.17) is 5.73 Å². The second kappa shape index (κ2) is 4.18. The van der Waals surface area contributed by atoms with Crippen LogP contribution in [0.2, 0.25) is 0 Å². The van der Waals surface area contributed by atoms with Crippen molar-refractivity contribution in [3.8, 4) is 0 Å². The highest BCUT2D eigenvalue weighted by Gasteiger charge is 2.00. The molecule has 3 N–H and O–H groups in total. The second-order valence-corrected chi connectivity index (χ2v) is 3.60.